The molecule has 0 unspecified atom stereocenters. The molecular formula is C16H13N. The van der Waals surface area contributed by atoms with Gasteiger partial charge in [0.15, 0.2) is 0 Å². The average Bonchev–Trinajstić information content (AvgIpc) is 2.38. The van der Waals surface area contributed by atoms with Crippen LogP contribution in [-0.2, 0) is 0 Å². The van der Waals surface area contributed by atoms with Gasteiger partial charge in [-0.3, -0.25) is 0 Å². The third-order valence-corrected chi connectivity index (χ3v) is 2.58. The van der Waals surface area contributed by atoms with Crippen LogP contribution in [-0.4, -0.2) is 0 Å². The molecule has 0 aliphatic heterocycles. The predicted molar refractivity (Wildman–Crippen MR) is 71.3 cm³/mol. The molecule has 2 rings (SSSR count). The van der Waals surface area contributed by atoms with E-state index in [1.54, 1.807) is 0 Å². The van der Waals surface area contributed by atoms with Crippen molar-refractivity contribution in [2.45, 2.75) is 6.92 Å². The highest BCUT2D eigenvalue weighted by molar-refractivity contribution is 5.72. The fraction of sp³-hybridized carbons (Fsp3) is 0.0625. The molecule has 2 aromatic rings. The monoisotopic (exact) mass is 219 g/mol. The van der Waals surface area contributed by atoms with Crippen molar-refractivity contribution in [1.29, 1.82) is 5.26 Å². The maximum absolute atomic E-state index is 9.06. The molecule has 1 heteroatoms. The predicted octanol–water partition coefficient (Wildman–Crippen LogP) is 4.04. The summed E-state index contributed by atoms with van der Waals surface area (Å²) in [7, 11) is 0. The van der Waals surface area contributed by atoms with E-state index in [1.807, 2.05) is 67.6 Å². The molecule has 0 aliphatic rings. The highest BCUT2D eigenvalue weighted by Crippen LogP contribution is 2.14. The third-order valence-electron chi connectivity index (χ3n) is 2.58. The Balaban J connectivity index is 2.31. The minimum atomic E-state index is 0.720. The Morgan fingerprint density at radius 2 is 1.76 bits per heavy atom. The molecule has 0 atom stereocenters. The van der Waals surface area contributed by atoms with E-state index in [0.29, 0.717) is 0 Å². The van der Waals surface area contributed by atoms with Crippen LogP contribution in [0.2, 0.25) is 0 Å². The van der Waals surface area contributed by atoms with Crippen molar-refractivity contribution in [2.24, 2.45) is 0 Å². The standard InChI is InChI=1S/C16H13N/c1-13-7-9-15(16(11-13)12-17)10-8-14-5-3-2-4-6-14/h2-11H,1H3/b10-8+. The van der Waals surface area contributed by atoms with E-state index in [-0.39, 0.29) is 0 Å². The smallest absolute Gasteiger partial charge is 0.0998 e. The molecule has 0 saturated heterocycles. The lowest BCUT2D eigenvalue weighted by molar-refractivity contribution is 1.41. The Bertz CT molecular complexity index is 574. The number of nitriles is 1. The van der Waals surface area contributed by atoms with Gasteiger partial charge in [0.25, 0.3) is 0 Å². The zero-order valence-electron chi connectivity index (χ0n) is 9.72. The number of hydrogen-bond donors (Lipinski definition) is 0. The molecule has 2 aromatic carbocycles. The second-order valence-electron chi connectivity index (χ2n) is 3.95. The summed E-state index contributed by atoms with van der Waals surface area (Å²) in [5.74, 6) is 0. The molecule has 0 fully saturated rings. The lowest BCUT2D eigenvalue weighted by atomic mass is 10.0. The van der Waals surface area contributed by atoms with Gasteiger partial charge in [0.2, 0.25) is 0 Å². The van der Waals surface area contributed by atoms with Gasteiger partial charge in [-0.25, -0.2) is 0 Å². The van der Waals surface area contributed by atoms with Crippen LogP contribution in [0, 0.1) is 18.3 Å². The highest BCUT2D eigenvalue weighted by atomic mass is 14.2. The first-order valence-electron chi connectivity index (χ1n) is 5.53. The van der Waals surface area contributed by atoms with E-state index in [9.17, 15) is 0 Å². The van der Waals surface area contributed by atoms with Gasteiger partial charge < -0.3 is 0 Å². The molecule has 0 spiro atoms. The Kier molecular flexibility index (Phi) is 3.37. The van der Waals surface area contributed by atoms with Gasteiger partial charge in [-0.05, 0) is 29.7 Å². The lowest BCUT2D eigenvalue weighted by Gasteiger charge is -1.99. The average molecular weight is 219 g/mol. The normalized spacial score (nSPS) is 10.4. The fourth-order valence-electron chi connectivity index (χ4n) is 1.66. The summed E-state index contributed by atoms with van der Waals surface area (Å²) >= 11 is 0. The van der Waals surface area contributed by atoms with Crippen LogP contribution in [0.3, 0.4) is 0 Å². The van der Waals surface area contributed by atoms with Gasteiger partial charge in [0.05, 0.1) is 11.6 Å². The quantitative estimate of drug-likeness (QED) is 0.699. The molecule has 1 nitrogen and oxygen atoms in total. The maximum atomic E-state index is 9.06. The van der Waals surface area contributed by atoms with Crippen molar-refractivity contribution in [3.05, 3.63) is 70.8 Å². The third kappa shape index (κ3) is 2.83. The molecule has 0 saturated carbocycles. The van der Waals surface area contributed by atoms with Crippen LogP contribution in [0.4, 0.5) is 0 Å². The number of rotatable bonds is 2. The first-order valence-corrected chi connectivity index (χ1v) is 5.53. The first kappa shape index (κ1) is 11.2. The second kappa shape index (κ2) is 5.14. The van der Waals surface area contributed by atoms with Crippen molar-refractivity contribution < 1.29 is 0 Å². The molecular weight excluding hydrogens is 206 g/mol. The number of hydrogen-bond acceptors (Lipinski definition) is 1. The van der Waals surface area contributed by atoms with Gasteiger partial charge >= 0.3 is 0 Å². The van der Waals surface area contributed by atoms with Crippen molar-refractivity contribution >= 4 is 12.2 Å². The van der Waals surface area contributed by atoms with E-state index >= 15 is 0 Å². The molecule has 0 aromatic heterocycles. The summed E-state index contributed by atoms with van der Waals surface area (Å²) in [6.07, 6.45) is 4.00. The van der Waals surface area contributed by atoms with Crippen molar-refractivity contribution in [2.75, 3.05) is 0 Å². The maximum Gasteiger partial charge on any atom is 0.0998 e. The van der Waals surface area contributed by atoms with E-state index in [4.69, 9.17) is 5.26 Å². The molecule has 0 heterocycles. The molecule has 0 bridgehead atoms. The Morgan fingerprint density at radius 1 is 1.00 bits per heavy atom. The van der Waals surface area contributed by atoms with Gasteiger partial charge in [0.1, 0.15) is 0 Å². The summed E-state index contributed by atoms with van der Waals surface area (Å²) in [4.78, 5) is 0. The van der Waals surface area contributed by atoms with E-state index in [0.717, 1.165) is 22.3 Å². The largest absolute Gasteiger partial charge is 0.192 e. The van der Waals surface area contributed by atoms with Crippen LogP contribution in [0.25, 0.3) is 12.2 Å². The van der Waals surface area contributed by atoms with Crippen LogP contribution in [0.5, 0.6) is 0 Å². The minimum absolute atomic E-state index is 0.720. The minimum Gasteiger partial charge on any atom is -0.192 e. The summed E-state index contributed by atoms with van der Waals surface area (Å²) < 4.78 is 0. The molecule has 0 aliphatic carbocycles. The second-order valence-corrected chi connectivity index (χ2v) is 3.95. The number of nitrogens with zero attached hydrogens (tertiary/aromatic N) is 1. The van der Waals surface area contributed by atoms with E-state index < -0.39 is 0 Å². The number of aryl methyl sites for hydroxylation is 1. The highest BCUT2D eigenvalue weighted by Gasteiger charge is 1.98. The molecule has 82 valence electrons. The zero-order valence-corrected chi connectivity index (χ0v) is 9.72. The SMILES string of the molecule is Cc1ccc(/C=C/c2ccccc2)c(C#N)c1. The van der Waals surface area contributed by atoms with Crippen molar-refractivity contribution in [3.63, 3.8) is 0 Å². The van der Waals surface area contributed by atoms with Gasteiger partial charge in [-0.2, -0.15) is 5.26 Å². The molecule has 0 N–H and O–H groups in total. The van der Waals surface area contributed by atoms with Crippen LogP contribution in [0.1, 0.15) is 22.3 Å². The Hall–Kier alpha value is -2.33. The van der Waals surface area contributed by atoms with Crippen LogP contribution >= 0.6 is 0 Å². The summed E-state index contributed by atoms with van der Waals surface area (Å²) in [5.41, 5.74) is 3.93. The molecule has 17 heavy (non-hydrogen) atoms. The molecule has 0 radical (unpaired) electrons. The molecule has 0 amide bonds. The van der Waals surface area contributed by atoms with Crippen LogP contribution < -0.4 is 0 Å². The van der Waals surface area contributed by atoms with E-state index in [1.165, 1.54) is 0 Å². The summed E-state index contributed by atoms with van der Waals surface area (Å²) in [6, 6.07) is 18.2. The van der Waals surface area contributed by atoms with Crippen molar-refractivity contribution in [1.82, 2.24) is 0 Å². The fourth-order valence-corrected chi connectivity index (χ4v) is 1.66. The number of benzene rings is 2. The van der Waals surface area contributed by atoms with E-state index in [2.05, 4.69) is 6.07 Å². The Labute approximate surface area is 102 Å². The van der Waals surface area contributed by atoms with Crippen LogP contribution in [0.15, 0.2) is 48.5 Å². The van der Waals surface area contributed by atoms with Gasteiger partial charge in [0, 0.05) is 0 Å². The van der Waals surface area contributed by atoms with Gasteiger partial charge in [-0.15, -0.1) is 0 Å². The first-order chi connectivity index (χ1) is 8.29. The van der Waals surface area contributed by atoms with Crippen molar-refractivity contribution in [3.8, 4) is 6.07 Å². The Morgan fingerprint density at radius 3 is 2.47 bits per heavy atom. The lowest BCUT2D eigenvalue weighted by Crippen LogP contribution is -1.83. The topological polar surface area (TPSA) is 23.8 Å². The summed E-state index contributed by atoms with van der Waals surface area (Å²) in [5, 5.41) is 9.06. The zero-order chi connectivity index (χ0) is 12.1. The van der Waals surface area contributed by atoms with Gasteiger partial charge in [-0.1, -0.05) is 54.6 Å². The summed E-state index contributed by atoms with van der Waals surface area (Å²) in [6.45, 7) is 1.99.